The fraction of sp³-hybridized carbons (Fsp3) is 0.448. The molecule has 2 fully saturated rings. The summed E-state index contributed by atoms with van der Waals surface area (Å²) in [6.45, 7) is 10.0. The van der Waals surface area contributed by atoms with Gasteiger partial charge in [0.25, 0.3) is 0 Å². The summed E-state index contributed by atoms with van der Waals surface area (Å²) in [5, 5.41) is 24.2. The van der Waals surface area contributed by atoms with E-state index < -0.39 is 6.10 Å². The predicted molar refractivity (Wildman–Crippen MR) is 145 cm³/mol. The van der Waals surface area contributed by atoms with Crippen molar-refractivity contribution >= 4 is 22.3 Å². The third-order valence-electron chi connectivity index (χ3n) is 7.87. The number of nitriles is 1. The highest BCUT2D eigenvalue weighted by atomic mass is 16.5. The number of hydrogen-bond donors (Lipinski definition) is 2. The number of benzene rings is 2. The number of nitrogens with one attached hydrogen (secondary N) is 1. The lowest BCUT2D eigenvalue weighted by molar-refractivity contribution is -0.0327. The summed E-state index contributed by atoms with van der Waals surface area (Å²) in [6.07, 6.45) is 1.56. The maximum Gasteiger partial charge on any atom is 0.101 e. The number of aromatic nitrogens is 1. The zero-order valence-electron chi connectivity index (χ0n) is 21.3. The molecule has 192 valence electrons. The summed E-state index contributed by atoms with van der Waals surface area (Å²) < 4.78 is 6.38. The lowest BCUT2D eigenvalue weighted by Crippen LogP contribution is -2.54. The van der Waals surface area contributed by atoms with Crippen LogP contribution in [0.1, 0.15) is 29.7 Å². The number of pyridine rings is 1. The number of morpholine rings is 1. The molecule has 2 N–H and O–H groups in total. The van der Waals surface area contributed by atoms with Gasteiger partial charge in [-0.1, -0.05) is 6.07 Å². The normalized spacial score (nSPS) is 24.6. The Balaban J connectivity index is 1.11. The summed E-state index contributed by atoms with van der Waals surface area (Å²) in [4.78, 5) is 11.8. The van der Waals surface area contributed by atoms with Crippen LogP contribution < -0.4 is 15.1 Å². The molecular weight excluding hydrogens is 464 g/mol. The molecular formula is C29H34N6O2. The number of nitrogens with zero attached hydrogens (tertiary/aromatic N) is 5. The SMILES string of the molecule is CC1CN(c2ccc(C#N)c3ncccc23)CC(CN2CCN(c3ccc4c(c3)C(O)CNC4)CC2)O1. The lowest BCUT2D eigenvalue weighted by atomic mass is 9.97. The van der Waals surface area contributed by atoms with E-state index in [1.165, 1.54) is 11.3 Å². The lowest BCUT2D eigenvalue weighted by Gasteiger charge is -2.42. The Kier molecular flexibility index (Phi) is 6.70. The molecule has 3 aromatic rings. The number of piperazine rings is 1. The standard InChI is InChI=1S/C29H34N6O2/c1-20-17-35(27-7-5-21(14-30)29-25(27)3-2-8-32-29)19-24(37-20)18-33-9-11-34(12-10-33)23-6-4-22-15-31-16-28(36)26(22)13-23/h2-8,13,20,24,28,31,36H,9-12,15-19H2,1H3. The number of anilines is 2. The number of rotatable bonds is 4. The quantitative estimate of drug-likeness (QED) is 0.568. The first-order valence-electron chi connectivity index (χ1n) is 13.3. The number of fused-ring (bicyclic) bond motifs is 2. The van der Waals surface area contributed by atoms with Crippen molar-refractivity contribution in [2.75, 3.05) is 62.2 Å². The topological polar surface area (TPSA) is 87.9 Å². The van der Waals surface area contributed by atoms with Crippen LogP contribution in [-0.4, -0.2) is 79.6 Å². The second-order valence-electron chi connectivity index (χ2n) is 10.4. The van der Waals surface area contributed by atoms with Crippen molar-refractivity contribution < 1.29 is 9.84 Å². The van der Waals surface area contributed by atoms with E-state index in [4.69, 9.17) is 4.74 Å². The third-order valence-corrected chi connectivity index (χ3v) is 7.87. The zero-order valence-corrected chi connectivity index (χ0v) is 21.3. The fourth-order valence-corrected chi connectivity index (χ4v) is 6.05. The fourth-order valence-electron chi connectivity index (χ4n) is 6.05. The minimum Gasteiger partial charge on any atom is -0.387 e. The largest absolute Gasteiger partial charge is 0.387 e. The smallest absolute Gasteiger partial charge is 0.101 e. The minimum absolute atomic E-state index is 0.115. The van der Waals surface area contributed by atoms with Gasteiger partial charge in [0.15, 0.2) is 0 Å². The van der Waals surface area contributed by atoms with Gasteiger partial charge in [0, 0.05) is 81.9 Å². The van der Waals surface area contributed by atoms with Gasteiger partial charge in [-0.2, -0.15) is 5.26 Å². The highest BCUT2D eigenvalue weighted by Crippen LogP contribution is 2.31. The van der Waals surface area contributed by atoms with Crippen molar-refractivity contribution in [3.8, 4) is 6.07 Å². The molecule has 37 heavy (non-hydrogen) atoms. The number of aliphatic hydroxyl groups excluding tert-OH is 1. The van der Waals surface area contributed by atoms with Crippen LogP contribution in [0.2, 0.25) is 0 Å². The number of ether oxygens (including phenoxy) is 1. The van der Waals surface area contributed by atoms with Crippen LogP contribution in [-0.2, 0) is 11.3 Å². The molecule has 6 rings (SSSR count). The molecule has 0 spiro atoms. The first kappa shape index (κ1) is 24.1. The maximum absolute atomic E-state index is 10.4. The monoisotopic (exact) mass is 498 g/mol. The van der Waals surface area contributed by atoms with Crippen LogP contribution in [0.15, 0.2) is 48.7 Å². The highest BCUT2D eigenvalue weighted by Gasteiger charge is 2.30. The molecule has 2 aromatic carbocycles. The van der Waals surface area contributed by atoms with Gasteiger partial charge in [0.1, 0.15) is 6.07 Å². The van der Waals surface area contributed by atoms with Gasteiger partial charge in [-0.3, -0.25) is 9.88 Å². The third kappa shape index (κ3) is 4.88. The molecule has 8 heteroatoms. The molecule has 8 nitrogen and oxygen atoms in total. The van der Waals surface area contributed by atoms with Gasteiger partial charge in [0.05, 0.1) is 29.4 Å². The van der Waals surface area contributed by atoms with Crippen molar-refractivity contribution in [2.45, 2.75) is 31.8 Å². The average Bonchev–Trinajstić information content (AvgIpc) is 2.92. The summed E-state index contributed by atoms with van der Waals surface area (Å²) in [6, 6.07) is 16.7. The average molecular weight is 499 g/mol. The summed E-state index contributed by atoms with van der Waals surface area (Å²) in [5.41, 5.74) is 5.96. The molecule has 0 aliphatic carbocycles. The molecule has 0 radical (unpaired) electrons. The first-order chi connectivity index (χ1) is 18.1. The van der Waals surface area contributed by atoms with Crippen molar-refractivity contribution in [2.24, 2.45) is 0 Å². The zero-order chi connectivity index (χ0) is 25.4. The van der Waals surface area contributed by atoms with Crippen molar-refractivity contribution in [1.82, 2.24) is 15.2 Å². The van der Waals surface area contributed by atoms with Crippen molar-refractivity contribution in [3.05, 3.63) is 65.4 Å². The summed E-state index contributed by atoms with van der Waals surface area (Å²) in [7, 11) is 0. The molecule has 3 aliphatic heterocycles. The molecule has 0 bridgehead atoms. The Labute approximate surface area is 218 Å². The van der Waals surface area contributed by atoms with E-state index in [0.717, 1.165) is 74.5 Å². The van der Waals surface area contributed by atoms with Gasteiger partial charge in [-0.05, 0) is 54.4 Å². The number of β-amino-alcohol motifs (C(OH)–C–C–N with tert-alkyl or cyclic N) is 1. The maximum atomic E-state index is 10.4. The minimum atomic E-state index is -0.428. The molecule has 0 saturated carbocycles. The second-order valence-corrected chi connectivity index (χ2v) is 10.4. The van der Waals surface area contributed by atoms with Crippen LogP contribution in [0.5, 0.6) is 0 Å². The Morgan fingerprint density at radius 2 is 1.97 bits per heavy atom. The van der Waals surface area contributed by atoms with Crippen LogP contribution in [0.4, 0.5) is 11.4 Å². The van der Waals surface area contributed by atoms with E-state index in [1.54, 1.807) is 6.20 Å². The summed E-state index contributed by atoms with van der Waals surface area (Å²) >= 11 is 0. The Morgan fingerprint density at radius 1 is 1.11 bits per heavy atom. The van der Waals surface area contributed by atoms with Crippen LogP contribution in [0, 0.1) is 11.3 Å². The van der Waals surface area contributed by atoms with E-state index in [-0.39, 0.29) is 12.2 Å². The molecule has 4 heterocycles. The van der Waals surface area contributed by atoms with E-state index in [9.17, 15) is 10.4 Å². The van der Waals surface area contributed by atoms with Gasteiger partial charge in [0.2, 0.25) is 0 Å². The first-order valence-corrected chi connectivity index (χ1v) is 13.3. The van der Waals surface area contributed by atoms with E-state index in [2.05, 4.69) is 68.3 Å². The van der Waals surface area contributed by atoms with Crippen LogP contribution in [0.3, 0.4) is 0 Å². The molecule has 3 atom stereocenters. The highest BCUT2D eigenvalue weighted by molar-refractivity contribution is 5.95. The molecule has 2 saturated heterocycles. The second kappa shape index (κ2) is 10.3. The Hall–Kier alpha value is -3.22. The van der Waals surface area contributed by atoms with Crippen LogP contribution >= 0.6 is 0 Å². The van der Waals surface area contributed by atoms with E-state index in [1.807, 2.05) is 12.1 Å². The number of aliphatic hydroxyl groups is 1. The summed E-state index contributed by atoms with van der Waals surface area (Å²) in [5.74, 6) is 0. The molecule has 3 aliphatic rings. The van der Waals surface area contributed by atoms with E-state index in [0.29, 0.717) is 12.1 Å². The predicted octanol–water partition coefficient (Wildman–Crippen LogP) is 2.66. The van der Waals surface area contributed by atoms with Gasteiger partial charge in [-0.25, -0.2) is 0 Å². The van der Waals surface area contributed by atoms with E-state index >= 15 is 0 Å². The van der Waals surface area contributed by atoms with Crippen LogP contribution in [0.25, 0.3) is 10.9 Å². The van der Waals surface area contributed by atoms with Gasteiger partial charge < -0.3 is 25.0 Å². The van der Waals surface area contributed by atoms with Crippen molar-refractivity contribution in [3.63, 3.8) is 0 Å². The molecule has 3 unspecified atom stereocenters. The Bertz CT molecular complexity index is 1320. The van der Waals surface area contributed by atoms with Gasteiger partial charge >= 0.3 is 0 Å². The van der Waals surface area contributed by atoms with Gasteiger partial charge in [-0.15, -0.1) is 0 Å². The molecule has 0 amide bonds. The Morgan fingerprint density at radius 3 is 2.81 bits per heavy atom. The molecule has 1 aromatic heterocycles. The van der Waals surface area contributed by atoms with Crippen molar-refractivity contribution in [1.29, 1.82) is 5.26 Å². The number of hydrogen-bond acceptors (Lipinski definition) is 8.